The number of anilines is 1. The highest BCUT2D eigenvalue weighted by molar-refractivity contribution is 5.86. The first-order valence-corrected chi connectivity index (χ1v) is 6.88. The highest BCUT2D eigenvalue weighted by Crippen LogP contribution is 2.27. The van der Waals surface area contributed by atoms with Crippen LogP contribution in [0.3, 0.4) is 0 Å². The van der Waals surface area contributed by atoms with E-state index in [4.69, 9.17) is 5.11 Å². The molecule has 1 N–H and O–H groups in total. The Balaban J connectivity index is 2.18. The van der Waals surface area contributed by atoms with E-state index in [1.165, 1.54) is 16.8 Å². The van der Waals surface area contributed by atoms with Gasteiger partial charge in [0.1, 0.15) is 0 Å². The van der Waals surface area contributed by atoms with Crippen LogP contribution in [-0.2, 0) is 11.2 Å². The zero-order valence-corrected chi connectivity index (χ0v) is 11.6. The van der Waals surface area contributed by atoms with Crippen LogP contribution in [0, 0.1) is 6.92 Å². The molecule has 19 heavy (non-hydrogen) atoms. The fraction of sp³-hybridized carbons (Fsp3) is 0.438. The number of hydrogen-bond donors (Lipinski definition) is 1. The first kappa shape index (κ1) is 13.7. The topological polar surface area (TPSA) is 40.5 Å². The van der Waals surface area contributed by atoms with Crippen LogP contribution in [0.1, 0.15) is 30.9 Å². The number of aliphatic carboxylic acids is 1. The maximum atomic E-state index is 11.0. The molecule has 1 aromatic carbocycles. The predicted octanol–water partition coefficient (Wildman–Crippen LogP) is 3.17. The van der Waals surface area contributed by atoms with E-state index < -0.39 is 5.97 Å². The summed E-state index contributed by atoms with van der Waals surface area (Å²) in [5, 5.41) is 9.05. The van der Waals surface area contributed by atoms with E-state index in [1.807, 2.05) is 13.0 Å². The maximum Gasteiger partial charge on any atom is 0.331 e. The summed E-state index contributed by atoms with van der Waals surface area (Å²) in [7, 11) is 0. The molecule has 0 atom stereocenters. The summed E-state index contributed by atoms with van der Waals surface area (Å²) in [5.41, 5.74) is 4.43. The van der Waals surface area contributed by atoms with Crippen LogP contribution >= 0.6 is 0 Å². The average Bonchev–Trinajstić information content (AvgIpc) is 2.38. The number of aryl methyl sites for hydroxylation is 2. The van der Waals surface area contributed by atoms with Crippen LogP contribution in [0.25, 0.3) is 0 Å². The average molecular weight is 259 g/mol. The fourth-order valence-corrected chi connectivity index (χ4v) is 2.60. The predicted molar refractivity (Wildman–Crippen MR) is 77.7 cm³/mol. The van der Waals surface area contributed by atoms with E-state index >= 15 is 0 Å². The Bertz CT molecular complexity index is 505. The molecule has 0 unspecified atom stereocenters. The lowest BCUT2D eigenvalue weighted by Crippen LogP contribution is -2.29. The zero-order chi connectivity index (χ0) is 13.8. The third kappa shape index (κ3) is 3.16. The van der Waals surface area contributed by atoms with Gasteiger partial charge in [0.25, 0.3) is 0 Å². The Labute approximate surface area is 114 Å². The summed E-state index contributed by atoms with van der Waals surface area (Å²) in [6, 6.07) is 6.52. The van der Waals surface area contributed by atoms with E-state index in [0.717, 1.165) is 19.4 Å². The van der Waals surface area contributed by atoms with E-state index in [-0.39, 0.29) is 0 Å². The molecule has 1 aromatic rings. The maximum absolute atomic E-state index is 11.0. The van der Waals surface area contributed by atoms with Crippen LogP contribution in [0.15, 0.2) is 29.8 Å². The molecular formula is C16H21NO2. The van der Waals surface area contributed by atoms with Crippen molar-refractivity contribution in [1.82, 2.24) is 0 Å². The van der Waals surface area contributed by atoms with Crippen LogP contribution in [0.4, 0.5) is 5.69 Å². The van der Waals surface area contributed by atoms with Crippen LogP contribution < -0.4 is 4.90 Å². The van der Waals surface area contributed by atoms with Gasteiger partial charge in [-0.15, -0.1) is 0 Å². The van der Waals surface area contributed by atoms with Gasteiger partial charge in [0.15, 0.2) is 0 Å². The number of carbonyl (C=O) groups is 1. The minimum absolute atomic E-state index is 0.499. The van der Waals surface area contributed by atoms with Crippen molar-refractivity contribution in [2.45, 2.75) is 33.1 Å². The highest BCUT2D eigenvalue weighted by atomic mass is 16.4. The van der Waals surface area contributed by atoms with Gasteiger partial charge in [-0.2, -0.15) is 0 Å². The number of fused-ring (bicyclic) bond motifs is 1. The molecule has 0 aliphatic carbocycles. The molecule has 1 aliphatic heterocycles. The van der Waals surface area contributed by atoms with Crippen molar-refractivity contribution in [1.29, 1.82) is 0 Å². The van der Waals surface area contributed by atoms with Crippen molar-refractivity contribution in [3.8, 4) is 0 Å². The molecular weight excluding hydrogens is 238 g/mol. The minimum Gasteiger partial charge on any atom is -0.478 e. The van der Waals surface area contributed by atoms with Gasteiger partial charge in [-0.3, -0.25) is 0 Å². The van der Waals surface area contributed by atoms with Gasteiger partial charge < -0.3 is 10.0 Å². The molecule has 1 heterocycles. The smallest absolute Gasteiger partial charge is 0.331 e. The summed E-state index contributed by atoms with van der Waals surface area (Å²) in [5.74, 6) is -0.802. The van der Waals surface area contributed by atoms with Crippen molar-refractivity contribution < 1.29 is 9.90 Å². The van der Waals surface area contributed by atoms with Gasteiger partial charge in [0.05, 0.1) is 0 Å². The molecule has 2 rings (SSSR count). The number of carboxylic acid groups (broad SMARTS) is 1. The Kier molecular flexibility index (Phi) is 4.25. The molecule has 0 radical (unpaired) electrons. The van der Waals surface area contributed by atoms with Crippen molar-refractivity contribution >= 4 is 11.7 Å². The Hall–Kier alpha value is -1.77. The Morgan fingerprint density at radius 3 is 2.95 bits per heavy atom. The molecule has 0 saturated heterocycles. The molecule has 0 spiro atoms. The normalized spacial score (nSPS) is 15.3. The van der Waals surface area contributed by atoms with E-state index in [0.29, 0.717) is 18.5 Å². The summed E-state index contributed by atoms with van der Waals surface area (Å²) in [6.07, 6.45) is 4.68. The third-order valence-corrected chi connectivity index (χ3v) is 3.66. The summed E-state index contributed by atoms with van der Waals surface area (Å²) < 4.78 is 0. The number of rotatable bonds is 4. The number of hydrogen-bond acceptors (Lipinski definition) is 2. The van der Waals surface area contributed by atoms with Crippen molar-refractivity contribution in [2.75, 3.05) is 18.0 Å². The van der Waals surface area contributed by atoms with Gasteiger partial charge in [0.2, 0.25) is 0 Å². The fourth-order valence-electron chi connectivity index (χ4n) is 2.60. The second-order valence-corrected chi connectivity index (χ2v) is 5.07. The first-order valence-electron chi connectivity index (χ1n) is 6.88. The molecule has 0 fully saturated rings. The largest absolute Gasteiger partial charge is 0.478 e. The lowest BCUT2D eigenvalue weighted by Gasteiger charge is -2.30. The number of benzene rings is 1. The third-order valence-electron chi connectivity index (χ3n) is 3.66. The lowest BCUT2D eigenvalue weighted by molar-refractivity contribution is -0.132. The lowest BCUT2D eigenvalue weighted by atomic mass is 9.99. The summed E-state index contributed by atoms with van der Waals surface area (Å²) in [6.45, 7) is 5.68. The van der Waals surface area contributed by atoms with Crippen LogP contribution in [0.2, 0.25) is 0 Å². The summed E-state index contributed by atoms with van der Waals surface area (Å²) in [4.78, 5) is 13.3. The standard InChI is InChI=1S/C16H21NO2/c1-3-13(16(18)19)8-10-17-9-4-5-14-11-12(2)6-7-15(14)17/h6-8,11H,3-5,9-10H2,1-2H3,(H,18,19). The minimum atomic E-state index is -0.802. The van der Waals surface area contributed by atoms with Gasteiger partial charge in [-0.1, -0.05) is 30.7 Å². The molecule has 0 aromatic heterocycles. The van der Waals surface area contributed by atoms with Gasteiger partial charge in [-0.25, -0.2) is 4.79 Å². The van der Waals surface area contributed by atoms with Crippen LogP contribution in [-0.4, -0.2) is 24.2 Å². The monoisotopic (exact) mass is 259 g/mol. The quantitative estimate of drug-likeness (QED) is 0.844. The number of nitrogens with zero attached hydrogens (tertiary/aromatic N) is 1. The van der Waals surface area contributed by atoms with Gasteiger partial charge >= 0.3 is 5.97 Å². The second kappa shape index (κ2) is 5.91. The van der Waals surface area contributed by atoms with E-state index in [9.17, 15) is 4.79 Å². The SMILES string of the molecule is CCC(=CCN1CCCc2cc(C)ccc21)C(=O)O. The Morgan fingerprint density at radius 1 is 1.47 bits per heavy atom. The van der Waals surface area contributed by atoms with E-state index in [2.05, 4.69) is 30.0 Å². The molecule has 0 amide bonds. The second-order valence-electron chi connectivity index (χ2n) is 5.07. The Morgan fingerprint density at radius 2 is 2.26 bits per heavy atom. The summed E-state index contributed by atoms with van der Waals surface area (Å²) >= 11 is 0. The molecule has 0 bridgehead atoms. The highest BCUT2D eigenvalue weighted by Gasteiger charge is 2.16. The molecule has 0 saturated carbocycles. The zero-order valence-electron chi connectivity index (χ0n) is 11.6. The van der Waals surface area contributed by atoms with Gasteiger partial charge in [-0.05, 0) is 37.8 Å². The van der Waals surface area contributed by atoms with Crippen molar-refractivity contribution in [3.63, 3.8) is 0 Å². The molecule has 3 heteroatoms. The van der Waals surface area contributed by atoms with Crippen molar-refractivity contribution in [3.05, 3.63) is 41.0 Å². The molecule has 1 aliphatic rings. The van der Waals surface area contributed by atoms with Gasteiger partial charge in [0, 0.05) is 24.4 Å². The first-order chi connectivity index (χ1) is 9.11. The van der Waals surface area contributed by atoms with Crippen molar-refractivity contribution in [2.24, 2.45) is 0 Å². The molecule has 3 nitrogen and oxygen atoms in total. The molecule has 102 valence electrons. The number of carboxylic acids is 1. The van der Waals surface area contributed by atoms with Crippen LogP contribution in [0.5, 0.6) is 0 Å². The van der Waals surface area contributed by atoms with E-state index in [1.54, 1.807) is 0 Å².